The molecular formula is C21H30N6O2S. The Morgan fingerprint density at radius 3 is 2.63 bits per heavy atom. The standard InChI is InChI=1S/C17H21N5OS.C4H9NO/c1-11-10-14(24-21-11)19-17-18-13-8-9-22(2)15(13)16(20-17)23-12-6-4-3-5-7-12;1-3-6-4-2-5-1/h8-10,12H,3-7H2,1-2H3,(H,18,19,20);5H,1-4H2. The average Bonchev–Trinajstić information content (AvgIpc) is 3.36. The molecule has 1 saturated carbocycles. The lowest BCUT2D eigenvalue weighted by Gasteiger charge is -2.23. The van der Waals surface area contributed by atoms with Gasteiger partial charge in [0.05, 0.1) is 24.4 Å². The number of aryl methyl sites for hydroxylation is 2. The van der Waals surface area contributed by atoms with Gasteiger partial charge in [0.15, 0.2) is 0 Å². The van der Waals surface area contributed by atoms with Crippen LogP contribution in [0, 0.1) is 6.92 Å². The van der Waals surface area contributed by atoms with Crippen LogP contribution in [0.5, 0.6) is 5.88 Å². The summed E-state index contributed by atoms with van der Waals surface area (Å²) in [6, 6.07) is 3.98. The zero-order valence-corrected chi connectivity index (χ0v) is 18.5. The van der Waals surface area contributed by atoms with E-state index in [9.17, 15) is 0 Å². The van der Waals surface area contributed by atoms with Gasteiger partial charge in [-0.15, -0.1) is 0 Å². The summed E-state index contributed by atoms with van der Waals surface area (Å²) in [5.74, 6) is 1.23. The number of ether oxygens (including phenoxy) is 2. The van der Waals surface area contributed by atoms with Gasteiger partial charge in [0.25, 0.3) is 0 Å². The molecule has 0 spiro atoms. The summed E-state index contributed by atoms with van der Waals surface area (Å²) in [7, 11) is 2.00. The second-order valence-electron chi connectivity index (χ2n) is 7.71. The molecular weight excluding hydrogens is 400 g/mol. The molecule has 0 unspecified atom stereocenters. The molecule has 4 heterocycles. The number of anilines is 2. The third-order valence-electron chi connectivity index (χ3n) is 5.23. The van der Waals surface area contributed by atoms with Crippen LogP contribution in [-0.2, 0) is 11.8 Å². The molecule has 3 aromatic rings. The molecule has 0 amide bonds. The zero-order valence-electron chi connectivity index (χ0n) is 17.7. The Morgan fingerprint density at radius 2 is 2.00 bits per heavy atom. The Morgan fingerprint density at radius 1 is 1.20 bits per heavy atom. The van der Waals surface area contributed by atoms with Crippen LogP contribution in [0.4, 0.5) is 10.9 Å². The lowest BCUT2D eigenvalue weighted by Crippen LogP contribution is -2.30. The Balaban J connectivity index is 0.000000313. The summed E-state index contributed by atoms with van der Waals surface area (Å²) < 4.78 is 17.6. The van der Waals surface area contributed by atoms with E-state index >= 15 is 0 Å². The van der Waals surface area contributed by atoms with Gasteiger partial charge in [-0.3, -0.25) is 0 Å². The van der Waals surface area contributed by atoms with Crippen LogP contribution < -0.4 is 15.4 Å². The van der Waals surface area contributed by atoms with Gasteiger partial charge < -0.3 is 24.7 Å². The van der Waals surface area contributed by atoms with Crippen LogP contribution in [0.1, 0.15) is 37.8 Å². The molecule has 0 radical (unpaired) electrons. The summed E-state index contributed by atoms with van der Waals surface area (Å²) in [4.78, 5) is 9.26. The third-order valence-corrected chi connectivity index (χ3v) is 6.02. The van der Waals surface area contributed by atoms with Crippen LogP contribution in [0.2, 0.25) is 0 Å². The molecule has 1 aliphatic carbocycles. The first-order valence-corrected chi connectivity index (χ1v) is 11.4. The third kappa shape index (κ3) is 5.47. The topological polar surface area (TPSA) is 86.1 Å². The maximum atomic E-state index is 6.27. The van der Waals surface area contributed by atoms with Crippen molar-refractivity contribution in [3.8, 4) is 5.88 Å². The van der Waals surface area contributed by atoms with Crippen molar-refractivity contribution in [2.24, 2.45) is 7.05 Å². The van der Waals surface area contributed by atoms with E-state index in [1.54, 1.807) is 0 Å². The first-order valence-electron chi connectivity index (χ1n) is 10.7. The Bertz CT molecular complexity index is 935. The van der Waals surface area contributed by atoms with E-state index in [1.807, 2.05) is 36.9 Å². The largest absolute Gasteiger partial charge is 0.473 e. The molecule has 2 aliphatic rings. The number of nitrogens with one attached hydrogen (secondary N) is 2. The van der Waals surface area contributed by atoms with E-state index in [1.165, 1.54) is 30.8 Å². The minimum absolute atomic E-state index is 0.255. The van der Waals surface area contributed by atoms with Crippen LogP contribution in [-0.4, -0.2) is 51.3 Å². The molecule has 162 valence electrons. The lowest BCUT2D eigenvalue weighted by molar-refractivity contribution is 0.109. The van der Waals surface area contributed by atoms with E-state index in [0.29, 0.717) is 11.8 Å². The Labute approximate surface area is 181 Å². The molecule has 0 aromatic carbocycles. The second-order valence-corrected chi connectivity index (χ2v) is 8.52. The van der Waals surface area contributed by atoms with E-state index in [-0.39, 0.29) is 6.10 Å². The number of hydrogen-bond acceptors (Lipinski definition) is 8. The van der Waals surface area contributed by atoms with Gasteiger partial charge in [0.1, 0.15) is 16.6 Å². The molecule has 2 N–H and O–H groups in total. The smallest absolute Gasteiger partial charge is 0.243 e. The van der Waals surface area contributed by atoms with Crippen molar-refractivity contribution in [2.45, 2.75) is 45.1 Å². The van der Waals surface area contributed by atoms with Crippen molar-refractivity contribution in [1.82, 2.24) is 24.2 Å². The first-order chi connectivity index (χ1) is 14.7. The number of fused-ring (bicyclic) bond motifs is 1. The van der Waals surface area contributed by atoms with Gasteiger partial charge in [0, 0.05) is 26.3 Å². The van der Waals surface area contributed by atoms with Crippen LogP contribution >= 0.6 is 11.5 Å². The van der Waals surface area contributed by atoms with Crippen molar-refractivity contribution < 1.29 is 9.47 Å². The zero-order chi connectivity index (χ0) is 20.8. The first kappa shape index (κ1) is 21.0. The predicted molar refractivity (Wildman–Crippen MR) is 120 cm³/mol. The van der Waals surface area contributed by atoms with Crippen molar-refractivity contribution >= 4 is 33.5 Å². The number of hydrogen-bond donors (Lipinski definition) is 2. The highest BCUT2D eigenvalue weighted by molar-refractivity contribution is 7.10. The number of morpholine rings is 1. The van der Waals surface area contributed by atoms with Gasteiger partial charge in [-0.2, -0.15) is 9.36 Å². The number of aromatic nitrogens is 4. The van der Waals surface area contributed by atoms with Gasteiger partial charge in [-0.25, -0.2) is 4.98 Å². The van der Waals surface area contributed by atoms with E-state index in [0.717, 1.165) is 60.9 Å². The maximum absolute atomic E-state index is 6.27. The molecule has 5 rings (SSSR count). The molecule has 2 fully saturated rings. The Hall–Kier alpha value is -2.23. The molecule has 1 aliphatic heterocycles. The quantitative estimate of drug-likeness (QED) is 0.651. The minimum Gasteiger partial charge on any atom is -0.473 e. The fourth-order valence-corrected chi connectivity index (χ4v) is 4.34. The summed E-state index contributed by atoms with van der Waals surface area (Å²) in [6.07, 6.45) is 8.23. The maximum Gasteiger partial charge on any atom is 0.243 e. The van der Waals surface area contributed by atoms with Gasteiger partial charge in [-0.1, -0.05) is 6.42 Å². The summed E-state index contributed by atoms with van der Waals surface area (Å²) in [5, 5.41) is 7.34. The summed E-state index contributed by atoms with van der Waals surface area (Å²) in [5.41, 5.74) is 2.83. The highest BCUT2D eigenvalue weighted by Crippen LogP contribution is 2.30. The van der Waals surface area contributed by atoms with Gasteiger partial charge in [0.2, 0.25) is 11.8 Å². The molecule has 30 heavy (non-hydrogen) atoms. The van der Waals surface area contributed by atoms with Crippen molar-refractivity contribution in [2.75, 3.05) is 31.6 Å². The van der Waals surface area contributed by atoms with Crippen molar-refractivity contribution in [3.05, 3.63) is 24.0 Å². The Kier molecular flexibility index (Phi) is 7.14. The number of nitrogens with zero attached hydrogens (tertiary/aromatic N) is 4. The van der Waals surface area contributed by atoms with Crippen molar-refractivity contribution in [1.29, 1.82) is 0 Å². The fraction of sp³-hybridized carbons (Fsp3) is 0.571. The molecule has 0 bridgehead atoms. The number of rotatable bonds is 4. The molecule has 3 aromatic heterocycles. The van der Waals surface area contributed by atoms with Gasteiger partial charge >= 0.3 is 0 Å². The van der Waals surface area contributed by atoms with E-state index < -0.39 is 0 Å². The van der Waals surface area contributed by atoms with Gasteiger partial charge in [-0.05, 0) is 56.3 Å². The molecule has 8 nitrogen and oxygen atoms in total. The molecule has 1 saturated heterocycles. The molecule has 0 atom stereocenters. The van der Waals surface area contributed by atoms with E-state index in [4.69, 9.17) is 9.47 Å². The highest BCUT2D eigenvalue weighted by atomic mass is 32.1. The summed E-state index contributed by atoms with van der Waals surface area (Å²) in [6.45, 7) is 5.81. The van der Waals surface area contributed by atoms with Crippen LogP contribution in [0.25, 0.3) is 11.0 Å². The second kappa shape index (κ2) is 10.2. The average molecular weight is 431 g/mol. The monoisotopic (exact) mass is 430 g/mol. The lowest BCUT2D eigenvalue weighted by atomic mass is 9.98. The predicted octanol–water partition coefficient (Wildman–Crippen LogP) is 3.79. The van der Waals surface area contributed by atoms with Crippen LogP contribution in [0.15, 0.2) is 18.3 Å². The SMILES string of the molecule is C1COCCN1.Cc1cc(Nc2nc(OC3CCCCC3)c3c(ccn3C)n2)sn1. The highest BCUT2D eigenvalue weighted by Gasteiger charge is 2.19. The fourth-order valence-electron chi connectivity index (χ4n) is 3.68. The minimum atomic E-state index is 0.255. The van der Waals surface area contributed by atoms with E-state index in [2.05, 4.69) is 25.0 Å². The van der Waals surface area contributed by atoms with Crippen molar-refractivity contribution in [3.63, 3.8) is 0 Å². The van der Waals surface area contributed by atoms with Crippen LogP contribution in [0.3, 0.4) is 0 Å². The normalized spacial score (nSPS) is 17.4. The summed E-state index contributed by atoms with van der Waals surface area (Å²) >= 11 is 1.41. The molecule has 9 heteroatoms.